The van der Waals surface area contributed by atoms with Gasteiger partial charge in [0.1, 0.15) is 0 Å². The molecule has 1 aromatic rings. The van der Waals surface area contributed by atoms with Crippen LogP contribution in [0, 0.1) is 17.7 Å². The Bertz CT molecular complexity index is 405. The van der Waals surface area contributed by atoms with E-state index in [-0.39, 0.29) is 5.82 Å². The van der Waals surface area contributed by atoms with Crippen molar-refractivity contribution in [2.75, 3.05) is 32.8 Å². The highest BCUT2D eigenvalue weighted by molar-refractivity contribution is 5.23. The molecule has 1 aromatic carbocycles. The van der Waals surface area contributed by atoms with E-state index in [4.69, 9.17) is 10.5 Å². The second kappa shape index (κ2) is 7.60. The van der Waals surface area contributed by atoms with Gasteiger partial charge in [0.15, 0.2) is 11.6 Å². The average Bonchev–Trinajstić information content (AvgIpc) is 2.50. The van der Waals surface area contributed by atoms with Crippen molar-refractivity contribution in [2.45, 2.75) is 19.8 Å². The largest absolute Gasteiger partial charge is 0.490 e. The minimum Gasteiger partial charge on any atom is -0.490 e. The van der Waals surface area contributed by atoms with E-state index in [1.165, 1.54) is 6.07 Å². The Kier molecular flexibility index (Phi) is 5.80. The molecule has 112 valence electrons. The van der Waals surface area contributed by atoms with E-state index in [0.717, 1.165) is 32.5 Å². The lowest BCUT2D eigenvalue weighted by molar-refractivity contribution is 0.120. The summed E-state index contributed by atoms with van der Waals surface area (Å²) in [6.45, 7) is 6.70. The van der Waals surface area contributed by atoms with Crippen LogP contribution in [-0.4, -0.2) is 37.7 Å². The first-order valence-electron chi connectivity index (χ1n) is 7.54. The van der Waals surface area contributed by atoms with Crippen molar-refractivity contribution in [3.8, 4) is 5.75 Å². The molecular weight excluding hydrogens is 255 g/mol. The molecule has 0 bridgehead atoms. The molecule has 4 heteroatoms. The zero-order valence-electron chi connectivity index (χ0n) is 12.2. The molecule has 1 heterocycles. The molecule has 1 aliphatic heterocycles. The standard InChI is InChI=1S/C16H25FN2O/c1-2-19-9-7-13(8-10-19)14(11-18)12-20-16-6-4-3-5-15(16)17/h3-6,13-14H,2,7-12,18H2,1H3. The van der Waals surface area contributed by atoms with E-state index >= 15 is 0 Å². The van der Waals surface area contributed by atoms with Crippen LogP contribution in [0.5, 0.6) is 5.75 Å². The molecule has 1 fully saturated rings. The van der Waals surface area contributed by atoms with E-state index < -0.39 is 0 Å². The minimum atomic E-state index is -0.302. The smallest absolute Gasteiger partial charge is 0.165 e. The van der Waals surface area contributed by atoms with E-state index in [0.29, 0.717) is 30.7 Å². The fraction of sp³-hybridized carbons (Fsp3) is 0.625. The van der Waals surface area contributed by atoms with Gasteiger partial charge in [0.05, 0.1) is 6.61 Å². The van der Waals surface area contributed by atoms with E-state index in [2.05, 4.69) is 11.8 Å². The van der Waals surface area contributed by atoms with Crippen LogP contribution in [0.15, 0.2) is 24.3 Å². The number of piperidine rings is 1. The van der Waals surface area contributed by atoms with Crippen LogP contribution in [-0.2, 0) is 0 Å². The Morgan fingerprint density at radius 1 is 1.35 bits per heavy atom. The van der Waals surface area contributed by atoms with E-state index in [1.807, 2.05) is 0 Å². The maximum Gasteiger partial charge on any atom is 0.165 e. The number of benzene rings is 1. The lowest BCUT2D eigenvalue weighted by atomic mass is 9.84. The van der Waals surface area contributed by atoms with Crippen molar-refractivity contribution in [1.82, 2.24) is 4.90 Å². The molecule has 0 aliphatic carbocycles. The Hall–Kier alpha value is -1.13. The van der Waals surface area contributed by atoms with Gasteiger partial charge in [-0.15, -0.1) is 0 Å². The first-order valence-corrected chi connectivity index (χ1v) is 7.54. The summed E-state index contributed by atoms with van der Waals surface area (Å²) in [6, 6.07) is 6.55. The number of nitrogens with zero attached hydrogens (tertiary/aromatic N) is 1. The van der Waals surface area contributed by atoms with Crippen LogP contribution in [0.3, 0.4) is 0 Å². The van der Waals surface area contributed by atoms with Gasteiger partial charge >= 0.3 is 0 Å². The third-order valence-electron chi connectivity index (χ3n) is 4.34. The molecule has 1 atom stereocenters. The van der Waals surface area contributed by atoms with Gasteiger partial charge in [0.2, 0.25) is 0 Å². The van der Waals surface area contributed by atoms with Crippen molar-refractivity contribution < 1.29 is 9.13 Å². The molecule has 1 saturated heterocycles. The second-order valence-corrected chi connectivity index (χ2v) is 5.51. The zero-order valence-corrected chi connectivity index (χ0v) is 12.2. The molecule has 2 N–H and O–H groups in total. The van der Waals surface area contributed by atoms with Gasteiger partial charge in [0.25, 0.3) is 0 Å². The molecule has 0 amide bonds. The third-order valence-corrected chi connectivity index (χ3v) is 4.34. The SMILES string of the molecule is CCN1CCC(C(CN)COc2ccccc2F)CC1. The molecule has 1 aliphatic rings. The molecule has 2 rings (SSSR count). The van der Waals surface area contributed by atoms with Gasteiger partial charge in [-0.3, -0.25) is 0 Å². The van der Waals surface area contributed by atoms with Crippen molar-refractivity contribution in [3.05, 3.63) is 30.1 Å². The van der Waals surface area contributed by atoms with Gasteiger partial charge < -0.3 is 15.4 Å². The van der Waals surface area contributed by atoms with E-state index in [1.54, 1.807) is 18.2 Å². The van der Waals surface area contributed by atoms with Crippen LogP contribution in [0.1, 0.15) is 19.8 Å². The summed E-state index contributed by atoms with van der Waals surface area (Å²) in [5.74, 6) is 0.934. The summed E-state index contributed by atoms with van der Waals surface area (Å²) in [5, 5.41) is 0. The maximum atomic E-state index is 13.5. The molecule has 3 nitrogen and oxygen atoms in total. The first kappa shape index (κ1) is 15.3. The minimum absolute atomic E-state index is 0.302. The monoisotopic (exact) mass is 280 g/mol. The fourth-order valence-electron chi connectivity index (χ4n) is 2.90. The summed E-state index contributed by atoms with van der Waals surface area (Å²) >= 11 is 0. The Labute approximate surface area is 120 Å². The highest BCUT2D eigenvalue weighted by atomic mass is 19.1. The number of para-hydroxylation sites is 1. The summed E-state index contributed by atoms with van der Waals surface area (Å²) in [5.41, 5.74) is 5.89. The van der Waals surface area contributed by atoms with Gasteiger partial charge in [-0.25, -0.2) is 4.39 Å². The Morgan fingerprint density at radius 2 is 2.05 bits per heavy atom. The molecule has 0 saturated carbocycles. The number of hydrogen-bond acceptors (Lipinski definition) is 3. The lowest BCUT2D eigenvalue weighted by Crippen LogP contribution is -2.39. The maximum absolute atomic E-state index is 13.5. The average molecular weight is 280 g/mol. The second-order valence-electron chi connectivity index (χ2n) is 5.51. The predicted octanol–water partition coefficient (Wildman–Crippen LogP) is 2.51. The molecule has 0 aromatic heterocycles. The number of halogens is 1. The van der Waals surface area contributed by atoms with Gasteiger partial charge in [-0.05, 0) is 57.1 Å². The first-order chi connectivity index (χ1) is 9.74. The van der Waals surface area contributed by atoms with Gasteiger partial charge in [0, 0.05) is 5.92 Å². The highest BCUT2D eigenvalue weighted by Gasteiger charge is 2.25. The lowest BCUT2D eigenvalue weighted by Gasteiger charge is -2.35. The molecule has 20 heavy (non-hydrogen) atoms. The topological polar surface area (TPSA) is 38.5 Å². The van der Waals surface area contributed by atoms with Crippen molar-refractivity contribution in [3.63, 3.8) is 0 Å². The number of nitrogens with two attached hydrogens (primary N) is 1. The van der Waals surface area contributed by atoms with Crippen LogP contribution in [0.4, 0.5) is 4.39 Å². The fourth-order valence-corrected chi connectivity index (χ4v) is 2.90. The Balaban J connectivity index is 1.85. The summed E-state index contributed by atoms with van der Waals surface area (Å²) in [4.78, 5) is 2.46. The van der Waals surface area contributed by atoms with Crippen LogP contribution in [0.25, 0.3) is 0 Å². The summed E-state index contributed by atoms with van der Waals surface area (Å²) < 4.78 is 19.1. The molecule has 1 unspecified atom stereocenters. The highest BCUT2D eigenvalue weighted by Crippen LogP contribution is 2.26. The quantitative estimate of drug-likeness (QED) is 0.870. The number of rotatable bonds is 6. The van der Waals surface area contributed by atoms with Gasteiger partial charge in [-0.2, -0.15) is 0 Å². The van der Waals surface area contributed by atoms with E-state index in [9.17, 15) is 4.39 Å². The zero-order chi connectivity index (χ0) is 14.4. The Morgan fingerprint density at radius 3 is 2.65 bits per heavy atom. The number of hydrogen-bond donors (Lipinski definition) is 1. The predicted molar refractivity (Wildman–Crippen MR) is 79.3 cm³/mol. The van der Waals surface area contributed by atoms with Crippen molar-refractivity contribution >= 4 is 0 Å². The third kappa shape index (κ3) is 3.93. The number of likely N-dealkylation sites (tertiary alicyclic amines) is 1. The number of ether oxygens (including phenoxy) is 1. The van der Waals surface area contributed by atoms with Crippen LogP contribution < -0.4 is 10.5 Å². The molecule has 0 radical (unpaired) electrons. The molecule has 0 spiro atoms. The van der Waals surface area contributed by atoms with Gasteiger partial charge in [-0.1, -0.05) is 19.1 Å². The summed E-state index contributed by atoms with van der Waals surface area (Å²) in [6.07, 6.45) is 2.33. The van der Waals surface area contributed by atoms with Crippen LogP contribution in [0.2, 0.25) is 0 Å². The summed E-state index contributed by atoms with van der Waals surface area (Å²) in [7, 11) is 0. The van der Waals surface area contributed by atoms with Crippen molar-refractivity contribution in [2.24, 2.45) is 17.6 Å². The van der Waals surface area contributed by atoms with Crippen LogP contribution >= 0.6 is 0 Å². The molecular formula is C16H25FN2O. The van der Waals surface area contributed by atoms with Crippen molar-refractivity contribution in [1.29, 1.82) is 0 Å². The normalized spacial score (nSPS) is 18.9.